The zero-order valence-corrected chi connectivity index (χ0v) is 11.4. The summed E-state index contributed by atoms with van der Waals surface area (Å²) in [7, 11) is 0. The van der Waals surface area contributed by atoms with Crippen LogP contribution in [0.1, 0.15) is 17.5 Å². The highest BCUT2D eigenvalue weighted by molar-refractivity contribution is 7.15. The van der Waals surface area contributed by atoms with E-state index in [4.69, 9.17) is 16.7 Å². The van der Waals surface area contributed by atoms with Crippen molar-refractivity contribution in [2.24, 2.45) is 0 Å². The third-order valence-electron chi connectivity index (χ3n) is 2.53. The van der Waals surface area contributed by atoms with Crippen LogP contribution in [0.4, 0.5) is 0 Å². The Bertz CT molecular complexity index is 580. The molecule has 0 amide bonds. The molecule has 1 N–H and O–H groups in total. The Kier molecular flexibility index (Phi) is 3.99. The van der Waals surface area contributed by atoms with E-state index >= 15 is 0 Å². The Hall–Kier alpha value is -1.39. The fourth-order valence-corrected chi connectivity index (χ4v) is 3.15. The lowest BCUT2D eigenvalue weighted by Gasteiger charge is -1.98. The summed E-state index contributed by atoms with van der Waals surface area (Å²) >= 11 is 7.52. The lowest BCUT2D eigenvalue weighted by molar-refractivity contribution is -0.136. The van der Waals surface area contributed by atoms with Crippen molar-refractivity contribution in [3.05, 3.63) is 39.9 Å². The molecule has 0 radical (unpaired) electrons. The van der Waals surface area contributed by atoms with E-state index in [-0.39, 0.29) is 6.42 Å². The Morgan fingerprint density at radius 2 is 2.17 bits per heavy atom. The minimum atomic E-state index is -0.834. The van der Waals surface area contributed by atoms with E-state index < -0.39 is 5.97 Å². The monoisotopic (exact) mass is 281 g/mol. The average Bonchev–Trinajstić information content (AvgIpc) is 2.71. The van der Waals surface area contributed by atoms with Crippen LogP contribution in [0.25, 0.3) is 10.6 Å². The number of carboxylic acid groups (broad SMARTS) is 1. The number of benzene rings is 1. The van der Waals surface area contributed by atoms with Gasteiger partial charge in [0.1, 0.15) is 5.01 Å². The molecule has 1 aromatic carbocycles. The van der Waals surface area contributed by atoms with Gasteiger partial charge in [0.25, 0.3) is 0 Å². The maximum Gasteiger partial charge on any atom is 0.308 e. The molecule has 0 saturated carbocycles. The van der Waals surface area contributed by atoms with Crippen LogP contribution in [-0.4, -0.2) is 16.1 Å². The van der Waals surface area contributed by atoms with Gasteiger partial charge < -0.3 is 5.11 Å². The van der Waals surface area contributed by atoms with E-state index in [0.29, 0.717) is 5.02 Å². The predicted octanol–water partition coefficient (Wildman–Crippen LogP) is 3.65. The van der Waals surface area contributed by atoms with Gasteiger partial charge >= 0.3 is 5.97 Å². The van der Waals surface area contributed by atoms with E-state index in [1.807, 2.05) is 25.1 Å². The van der Waals surface area contributed by atoms with Crippen LogP contribution in [0.5, 0.6) is 0 Å². The van der Waals surface area contributed by atoms with E-state index in [1.165, 1.54) is 11.3 Å². The molecule has 2 rings (SSSR count). The molecule has 1 aromatic heterocycles. The fourth-order valence-electron chi connectivity index (χ4n) is 1.68. The third-order valence-corrected chi connectivity index (χ3v) is 3.99. The van der Waals surface area contributed by atoms with Gasteiger partial charge in [0.2, 0.25) is 0 Å². The standard InChI is InChI=1S/C13H12ClNO2S/c1-2-10-11(7-12(16)17)18-13(15-10)8-5-3-4-6-9(8)14/h3-6H,2,7H2,1H3,(H,16,17). The number of aryl methyl sites for hydroxylation is 1. The molecule has 94 valence electrons. The number of thiazole rings is 1. The van der Waals surface area contributed by atoms with Crippen LogP contribution in [0.15, 0.2) is 24.3 Å². The lowest BCUT2D eigenvalue weighted by Crippen LogP contribution is -2.00. The molecule has 0 unspecified atom stereocenters. The van der Waals surface area contributed by atoms with E-state index in [0.717, 1.165) is 27.6 Å². The Morgan fingerprint density at radius 3 is 2.78 bits per heavy atom. The number of halogens is 1. The topological polar surface area (TPSA) is 50.2 Å². The number of carbonyl (C=O) groups is 1. The number of nitrogens with zero attached hydrogens (tertiary/aromatic N) is 1. The fraction of sp³-hybridized carbons (Fsp3) is 0.231. The van der Waals surface area contributed by atoms with Crippen molar-refractivity contribution in [3.8, 4) is 10.6 Å². The zero-order valence-electron chi connectivity index (χ0n) is 9.81. The minimum Gasteiger partial charge on any atom is -0.481 e. The number of hydrogen-bond acceptors (Lipinski definition) is 3. The molecule has 5 heteroatoms. The molecule has 0 bridgehead atoms. The second kappa shape index (κ2) is 5.50. The molecule has 0 spiro atoms. The maximum absolute atomic E-state index is 10.8. The van der Waals surface area contributed by atoms with Crippen molar-refractivity contribution in [3.63, 3.8) is 0 Å². The summed E-state index contributed by atoms with van der Waals surface area (Å²) in [6.45, 7) is 1.97. The first-order chi connectivity index (χ1) is 8.61. The molecule has 0 aliphatic heterocycles. The van der Waals surface area contributed by atoms with Crippen molar-refractivity contribution < 1.29 is 9.90 Å². The molecule has 2 aromatic rings. The lowest BCUT2D eigenvalue weighted by atomic mass is 10.2. The highest BCUT2D eigenvalue weighted by Gasteiger charge is 2.15. The second-order valence-electron chi connectivity index (χ2n) is 3.79. The van der Waals surface area contributed by atoms with Gasteiger partial charge in [0, 0.05) is 10.4 Å². The van der Waals surface area contributed by atoms with E-state index in [1.54, 1.807) is 6.07 Å². The van der Waals surface area contributed by atoms with Crippen molar-refractivity contribution in [2.75, 3.05) is 0 Å². The highest BCUT2D eigenvalue weighted by atomic mass is 35.5. The molecule has 0 aliphatic carbocycles. The van der Waals surface area contributed by atoms with Crippen LogP contribution in [-0.2, 0) is 17.6 Å². The SMILES string of the molecule is CCc1nc(-c2ccccc2Cl)sc1CC(=O)O. The summed E-state index contributed by atoms with van der Waals surface area (Å²) < 4.78 is 0. The molecule has 1 heterocycles. The number of rotatable bonds is 4. The van der Waals surface area contributed by atoms with Crippen LogP contribution in [0.3, 0.4) is 0 Å². The molecular formula is C13H12ClNO2S. The van der Waals surface area contributed by atoms with Gasteiger partial charge in [-0.05, 0) is 12.5 Å². The van der Waals surface area contributed by atoms with Gasteiger partial charge in [0.15, 0.2) is 0 Å². The third kappa shape index (κ3) is 2.71. The molecule has 3 nitrogen and oxygen atoms in total. The summed E-state index contributed by atoms with van der Waals surface area (Å²) in [5.41, 5.74) is 1.70. The van der Waals surface area contributed by atoms with Crippen LogP contribution >= 0.6 is 22.9 Å². The van der Waals surface area contributed by atoms with Crippen molar-refractivity contribution in [2.45, 2.75) is 19.8 Å². The highest BCUT2D eigenvalue weighted by Crippen LogP contribution is 2.33. The largest absolute Gasteiger partial charge is 0.481 e. The summed E-state index contributed by atoms with van der Waals surface area (Å²) in [6.07, 6.45) is 0.745. The predicted molar refractivity (Wildman–Crippen MR) is 73.3 cm³/mol. The normalized spacial score (nSPS) is 10.6. The van der Waals surface area contributed by atoms with Gasteiger partial charge in [-0.15, -0.1) is 11.3 Å². The quantitative estimate of drug-likeness (QED) is 0.930. The van der Waals surface area contributed by atoms with Gasteiger partial charge in [-0.1, -0.05) is 36.7 Å². The first-order valence-electron chi connectivity index (χ1n) is 5.57. The molecular weight excluding hydrogens is 270 g/mol. The maximum atomic E-state index is 10.8. The summed E-state index contributed by atoms with van der Waals surface area (Å²) in [5.74, 6) is -0.834. The summed E-state index contributed by atoms with van der Waals surface area (Å²) in [5, 5.41) is 10.3. The molecule has 18 heavy (non-hydrogen) atoms. The smallest absolute Gasteiger partial charge is 0.308 e. The van der Waals surface area contributed by atoms with Crippen LogP contribution in [0.2, 0.25) is 5.02 Å². The minimum absolute atomic E-state index is 0.0191. The molecule has 0 aliphatic rings. The molecule has 0 atom stereocenters. The number of aliphatic carboxylic acids is 1. The average molecular weight is 282 g/mol. The van der Waals surface area contributed by atoms with Gasteiger partial charge in [-0.25, -0.2) is 4.98 Å². The number of aromatic nitrogens is 1. The summed E-state index contributed by atoms with van der Waals surface area (Å²) in [4.78, 5) is 16.1. The van der Waals surface area contributed by atoms with Crippen molar-refractivity contribution in [1.29, 1.82) is 0 Å². The second-order valence-corrected chi connectivity index (χ2v) is 5.28. The van der Waals surface area contributed by atoms with E-state index in [2.05, 4.69) is 4.98 Å². The van der Waals surface area contributed by atoms with Gasteiger partial charge in [0.05, 0.1) is 17.1 Å². The van der Waals surface area contributed by atoms with Crippen molar-refractivity contribution in [1.82, 2.24) is 4.98 Å². The zero-order chi connectivity index (χ0) is 13.1. The Labute approximate surface area is 114 Å². The molecule has 0 saturated heterocycles. The number of carboxylic acids is 1. The van der Waals surface area contributed by atoms with Crippen molar-refractivity contribution >= 4 is 28.9 Å². The van der Waals surface area contributed by atoms with Crippen LogP contribution < -0.4 is 0 Å². The molecule has 0 fully saturated rings. The first-order valence-corrected chi connectivity index (χ1v) is 6.76. The number of hydrogen-bond donors (Lipinski definition) is 1. The Morgan fingerprint density at radius 1 is 1.44 bits per heavy atom. The van der Waals surface area contributed by atoms with Crippen LogP contribution in [0, 0.1) is 0 Å². The van der Waals surface area contributed by atoms with E-state index in [9.17, 15) is 4.79 Å². The first kappa shape index (κ1) is 13.1. The Balaban J connectivity index is 2.44. The van der Waals surface area contributed by atoms with Gasteiger partial charge in [-0.3, -0.25) is 4.79 Å². The summed E-state index contributed by atoms with van der Waals surface area (Å²) in [6, 6.07) is 7.45. The van der Waals surface area contributed by atoms with Gasteiger partial charge in [-0.2, -0.15) is 0 Å².